The number of nitrogens with one attached hydrogen (secondary N) is 1. The molecular weight excluding hydrogens is 386 g/mol. The summed E-state index contributed by atoms with van der Waals surface area (Å²) in [5.74, 6) is -0.687. The van der Waals surface area contributed by atoms with Gasteiger partial charge in [0, 0.05) is 28.9 Å². The molecule has 2 aromatic rings. The van der Waals surface area contributed by atoms with E-state index < -0.39 is 11.9 Å². The van der Waals surface area contributed by atoms with Crippen LogP contribution in [0.25, 0.3) is 10.9 Å². The lowest BCUT2D eigenvalue weighted by molar-refractivity contribution is -0.139. The number of carbonyl (C=O) groups is 2. The molecule has 1 aliphatic carbocycles. The Kier molecular flexibility index (Phi) is 5.54. The number of aromatic nitrogens is 2. The van der Waals surface area contributed by atoms with Gasteiger partial charge in [-0.05, 0) is 65.4 Å². The van der Waals surface area contributed by atoms with Crippen molar-refractivity contribution in [3.8, 4) is 0 Å². The van der Waals surface area contributed by atoms with Gasteiger partial charge in [-0.15, -0.1) is 0 Å². The lowest BCUT2D eigenvalue weighted by Crippen LogP contribution is -2.22. The smallest absolute Gasteiger partial charge is 0.304 e. The summed E-state index contributed by atoms with van der Waals surface area (Å²) in [6.45, 7) is 1.81. The maximum Gasteiger partial charge on any atom is 0.304 e. The first kappa shape index (κ1) is 18.1. The van der Waals surface area contributed by atoms with Crippen LogP contribution in [0.3, 0.4) is 0 Å². The SMILES string of the molecule is CN(Cc1c(C[C@H](C=O)CC(=O)O)cc(Br)c2[nH]ncc12)CC1CC1. The highest BCUT2D eigenvalue weighted by molar-refractivity contribution is 9.10. The van der Waals surface area contributed by atoms with Crippen LogP contribution in [-0.2, 0) is 22.6 Å². The third-order valence-electron chi connectivity index (χ3n) is 4.70. The molecule has 2 N–H and O–H groups in total. The average Bonchev–Trinajstić information content (AvgIpc) is 3.21. The van der Waals surface area contributed by atoms with Crippen molar-refractivity contribution in [2.75, 3.05) is 13.6 Å². The first-order valence-corrected chi connectivity index (χ1v) is 9.26. The summed E-state index contributed by atoms with van der Waals surface area (Å²) in [4.78, 5) is 24.6. The van der Waals surface area contributed by atoms with Gasteiger partial charge in [-0.2, -0.15) is 5.10 Å². The second-order valence-electron chi connectivity index (χ2n) is 6.99. The highest BCUT2D eigenvalue weighted by Crippen LogP contribution is 2.33. The zero-order chi connectivity index (χ0) is 18.0. The molecule has 1 aromatic carbocycles. The molecule has 0 amide bonds. The monoisotopic (exact) mass is 407 g/mol. The van der Waals surface area contributed by atoms with Crippen molar-refractivity contribution in [3.05, 3.63) is 27.9 Å². The van der Waals surface area contributed by atoms with E-state index in [1.807, 2.05) is 6.07 Å². The number of hydrogen-bond donors (Lipinski definition) is 2. The number of aldehydes is 1. The van der Waals surface area contributed by atoms with Gasteiger partial charge in [-0.1, -0.05) is 0 Å². The predicted octanol–water partition coefficient (Wildman–Crippen LogP) is 3.00. The maximum absolute atomic E-state index is 11.3. The van der Waals surface area contributed by atoms with E-state index in [1.165, 1.54) is 12.8 Å². The zero-order valence-electron chi connectivity index (χ0n) is 14.2. The molecule has 0 bridgehead atoms. The fourth-order valence-electron chi connectivity index (χ4n) is 3.30. The van der Waals surface area contributed by atoms with Crippen LogP contribution in [0.4, 0.5) is 0 Å². The Bertz CT molecular complexity index is 785. The van der Waals surface area contributed by atoms with Gasteiger partial charge in [0.2, 0.25) is 0 Å². The Labute approximate surface area is 154 Å². The third-order valence-corrected chi connectivity index (χ3v) is 5.32. The van der Waals surface area contributed by atoms with Gasteiger partial charge < -0.3 is 14.8 Å². The van der Waals surface area contributed by atoms with Crippen LogP contribution >= 0.6 is 15.9 Å². The number of aromatic amines is 1. The van der Waals surface area contributed by atoms with Crippen LogP contribution in [0.1, 0.15) is 30.4 Å². The lowest BCUT2D eigenvalue weighted by atomic mass is 9.92. The van der Waals surface area contributed by atoms with Gasteiger partial charge in [0.15, 0.2) is 0 Å². The summed E-state index contributed by atoms with van der Waals surface area (Å²) in [7, 11) is 2.10. The van der Waals surface area contributed by atoms with Gasteiger partial charge in [-0.25, -0.2) is 0 Å². The molecule has 0 saturated heterocycles. The molecule has 1 saturated carbocycles. The van der Waals surface area contributed by atoms with Crippen molar-refractivity contribution >= 4 is 39.1 Å². The quantitative estimate of drug-likeness (QED) is 0.623. The summed E-state index contributed by atoms with van der Waals surface area (Å²) in [6, 6.07) is 1.99. The molecule has 0 radical (unpaired) electrons. The second kappa shape index (κ2) is 7.66. The topological polar surface area (TPSA) is 86.3 Å². The number of nitrogens with zero attached hydrogens (tertiary/aromatic N) is 2. The van der Waals surface area contributed by atoms with Crippen molar-refractivity contribution in [1.29, 1.82) is 0 Å². The van der Waals surface area contributed by atoms with Crippen molar-refractivity contribution < 1.29 is 14.7 Å². The number of rotatable bonds is 9. The van der Waals surface area contributed by atoms with E-state index in [0.717, 1.165) is 51.8 Å². The number of carboxylic acid groups (broad SMARTS) is 1. The van der Waals surface area contributed by atoms with Crippen molar-refractivity contribution in [1.82, 2.24) is 15.1 Å². The minimum atomic E-state index is -0.951. The number of aliphatic carboxylic acids is 1. The molecule has 1 atom stereocenters. The Morgan fingerprint density at radius 1 is 1.56 bits per heavy atom. The molecular formula is C18H22BrN3O3. The first-order chi connectivity index (χ1) is 12.0. The number of carboxylic acids is 1. The van der Waals surface area contributed by atoms with Crippen LogP contribution in [0.15, 0.2) is 16.7 Å². The number of H-pyrrole nitrogens is 1. The van der Waals surface area contributed by atoms with E-state index in [1.54, 1.807) is 6.20 Å². The molecule has 134 valence electrons. The molecule has 0 aliphatic heterocycles. The Balaban J connectivity index is 1.92. The number of halogens is 1. The van der Waals surface area contributed by atoms with Crippen LogP contribution in [-0.4, -0.2) is 46.1 Å². The Morgan fingerprint density at radius 2 is 2.32 bits per heavy atom. The molecule has 1 fully saturated rings. The number of benzene rings is 1. The highest BCUT2D eigenvalue weighted by Gasteiger charge is 2.24. The van der Waals surface area contributed by atoms with Gasteiger partial charge in [0.1, 0.15) is 6.29 Å². The molecule has 7 heteroatoms. The largest absolute Gasteiger partial charge is 0.481 e. The number of fused-ring (bicyclic) bond motifs is 1. The second-order valence-corrected chi connectivity index (χ2v) is 7.85. The van der Waals surface area contributed by atoms with Gasteiger partial charge >= 0.3 is 5.97 Å². The van der Waals surface area contributed by atoms with E-state index in [4.69, 9.17) is 5.11 Å². The first-order valence-electron chi connectivity index (χ1n) is 8.47. The third kappa shape index (κ3) is 4.46. The van der Waals surface area contributed by atoms with Gasteiger partial charge in [0.25, 0.3) is 0 Å². The van der Waals surface area contributed by atoms with Crippen LogP contribution in [0, 0.1) is 11.8 Å². The summed E-state index contributed by atoms with van der Waals surface area (Å²) in [6.07, 6.45) is 5.41. The minimum Gasteiger partial charge on any atom is -0.481 e. The molecule has 1 heterocycles. The van der Waals surface area contributed by atoms with E-state index >= 15 is 0 Å². The van der Waals surface area contributed by atoms with E-state index in [0.29, 0.717) is 6.42 Å². The predicted molar refractivity (Wildman–Crippen MR) is 98.4 cm³/mol. The van der Waals surface area contributed by atoms with E-state index in [2.05, 4.69) is 38.1 Å². The molecule has 0 unspecified atom stereocenters. The average molecular weight is 408 g/mol. The zero-order valence-corrected chi connectivity index (χ0v) is 15.8. The van der Waals surface area contributed by atoms with Gasteiger partial charge in [0.05, 0.1) is 18.1 Å². The summed E-state index contributed by atoms with van der Waals surface area (Å²) in [5.41, 5.74) is 3.05. The Hall–Kier alpha value is -1.73. The summed E-state index contributed by atoms with van der Waals surface area (Å²) in [5, 5.41) is 17.2. The normalized spacial score (nSPS) is 15.6. The highest BCUT2D eigenvalue weighted by atomic mass is 79.9. The fraction of sp³-hybridized carbons (Fsp3) is 0.500. The van der Waals surface area contributed by atoms with Crippen LogP contribution in [0.5, 0.6) is 0 Å². The number of carbonyl (C=O) groups excluding carboxylic acids is 1. The number of hydrogen-bond acceptors (Lipinski definition) is 4. The standard InChI is InChI=1S/C18H22BrN3O3/c1-22(8-11-2-3-11)9-15-13(4-12(10-23)5-17(24)25)6-16(19)18-14(15)7-20-21-18/h6-7,10-12H,2-5,8-9H2,1H3,(H,20,21)(H,24,25)/t12-/m0/s1. The van der Waals surface area contributed by atoms with Crippen molar-refractivity contribution in [2.24, 2.45) is 11.8 Å². The van der Waals surface area contributed by atoms with Gasteiger partial charge in [-0.3, -0.25) is 9.89 Å². The molecule has 1 aliphatic rings. The molecule has 1 aromatic heterocycles. The van der Waals surface area contributed by atoms with E-state index in [9.17, 15) is 9.59 Å². The minimum absolute atomic E-state index is 0.151. The van der Waals surface area contributed by atoms with Crippen LogP contribution < -0.4 is 0 Å². The maximum atomic E-state index is 11.3. The molecule has 25 heavy (non-hydrogen) atoms. The summed E-state index contributed by atoms with van der Waals surface area (Å²) < 4.78 is 0.878. The molecule has 6 nitrogen and oxygen atoms in total. The fourth-order valence-corrected chi connectivity index (χ4v) is 3.88. The summed E-state index contributed by atoms with van der Waals surface area (Å²) >= 11 is 3.55. The van der Waals surface area contributed by atoms with Crippen molar-refractivity contribution in [3.63, 3.8) is 0 Å². The molecule has 0 spiro atoms. The Morgan fingerprint density at radius 3 is 2.96 bits per heavy atom. The van der Waals surface area contributed by atoms with E-state index in [-0.39, 0.29) is 6.42 Å². The van der Waals surface area contributed by atoms with Crippen molar-refractivity contribution in [2.45, 2.75) is 32.2 Å². The van der Waals surface area contributed by atoms with Crippen LogP contribution in [0.2, 0.25) is 0 Å². The molecule has 3 rings (SSSR count). The lowest BCUT2D eigenvalue weighted by Gasteiger charge is -2.21.